The van der Waals surface area contributed by atoms with E-state index in [1.807, 2.05) is 0 Å². The number of fused-ring (bicyclic) bond motifs is 2. The van der Waals surface area contributed by atoms with E-state index in [1.54, 1.807) is 0 Å². The predicted octanol–water partition coefficient (Wildman–Crippen LogP) is 0.597. The highest BCUT2D eigenvalue weighted by atomic mass is 15.0. The van der Waals surface area contributed by atoms with Gasteiger partial charge in [0.25, 0.3) is 0 Å². The molecular weight excluding hydrogens is 122 g/mol. The van der Waals surface area contributed by atoms with Crippen LogP contribution in [0.1, 0.15) is 19.3 Å². The van der Waals surface area contributed by atoms with Gasteiger partial charge in [-0.15, -0.1) is 0 Å². The largest absolute Gasteiger partial charge is 0.337 e. The molecule has 2 bridgehead atoms. The zero-order chi connectivity index (χ0) is 6.81. The molecule has 1 heteroatoms. The standard InChI is InChI=1S/C9H13N/c1-2-5-9-7-3-6-8(4-1)10-9/h1-3,6,8-10H,4-5,7H2/p+1/t8-,9+/m0/s1. The Labute approximate surface area is 61.8 Å². The molecule has 2 aliphatic heterocycles. The van der Waals surface area contributed by atoms with Gasteiger partial charge in [0.1, 0.15) is 6.04 Å². The van der Waals surface area contributed by atoms with E-state index in [4.69, 9.17) is 0 Å². The molecule has 2 atom stereocenters. The van der Waals surface area contributed by atoms with E-state index >= 15 is 0 Å². The molecule has 0 fully saturated rings. The first kappa shape index (κ1) is 6.17. The highest BCUT2D eigenvalue weighted by molar-refractivity contribution is 5.01. The van der Waals surface area contributed by atoms with Crippen LogP contribution in [0, 0.1) is 0 Å². The smallest absolute Gasteiger partial charge is 0.108 e. The van der Waals surface area contributed by atoms with Crippen LogP contribution in [-0.4, -0.2) is 12.1 Å². The second-order valence-electron chi connectivity index (χ2n) is 3.22. The molecule has 2 heterocycles. The fourth-order valence-corrected chi connectivity index (χ4v) is 1.78. The van der Waals surface area contributed by atoms with Gasteiger partial charge in [0, 0.05) is 19.3 Å². The number of rotatable bonds is 0. The highest BCUT2D eigenvalue weighted by Crippen LogP contribution is 2.08. The Hall–Kier alpha value is -0.560. The van der Waals surface area contributed by atoms with E-state index in [0.717, 1.165) is 12.1 Å². The zero-order valence-electron chi connectivity index (χ0n) is 6.16. The van der Waals surface area contributed by atoms with Gasteiger partial charge in [-0.25, -0.2) is 0 Å². The second-order valence-corrected chi connectivity index (χ2v) is 3.22. The molecule has 2 rings (SSSR count). The molecule has 0 aliphatic carbocycles. The Kier molecular flexibility index (Phi) is 1.60. The Morgan fingerprint density at radius 2 is 1.80 bits per heavy atom. The summed E-state index contributed by atoms with van der Waals surface area (Å²) in [4.78, 5) is 0. The minimum absolute atomic E-state index is 0.748. The maximum absolute atomic E-state index is 2.50. The SMILES string of the molecule is C1=CC[C@H]2C=CC[C@@H](C1)[NH2+]2. The first-order valence-electron chi connectivity index (χ1n) is 4.12. The first-order chi connectivity index (χ1) is 4.95. The van der Waals surface area contributed by atoms with E-state index in [-0.39, 0.29) is 0 Å². The van der Waals surface area contributed by atoms with Crippen LogP contribution < -0.4 is 5.32 Å². The van der Waals surface area contributed by atoms with Crippen molar-refractivity contribution in [3.8, 4) is 0 Å². The summed E-state index contributed by atoms with van der Waals surface area (Å²) in [5.41, 5.74) is 0. The van der Waals surface area contributed by atoms with E-state index < -0.39 is 0 Å². The topological polar surface area (TPSA) is 16.6 Å². The molecule has 0 unspecified atom stereocenters. The monoisotopic (exact) mass is 136 g/mol. The molecule has 0 amide bonds. The van der Waals surface area contributed by atoms with Gasteiger partial charge in [-0.1, -0.05) is 18.2 Å². The number of hydrogen-bond acceptors (Lipinski definition) is 0. The molecule has 0 aromatic carbocycles. The number of quaternary nitrogens is 1. The van der Waals surface area contributed by atoms with E-state index in [9.17, 15) is 0 Å². The van der Waals surface area contributed by atoms with Crippen LogP contribution >= 0.6 is 0 Å². The summed E-state index contributed by atoms with van der Waals surface area (Å²) in [6.45, 7) is 0. The van der Waals surface area contributed by atoms with Crippen molar-refractivity contribution in [3.63, 3.8) is 0 Å². The number of hydrogen-bond donors (Lipinski definition) is 1. The summed E-state index contributed by atoms with van der Waals surface area (Å²) in [5, 5.41) is 2.50. The van der Waals surface area contributed by atoms with Gasteiger partial charge in [0.15, 0.2) is 0 Å². The highest BCUT2D eigenvalue weighted by Gasteiger charge is 2.20. The molecule has 10 heavy (non-hydrogen) atoms. The van der Waals surface area contributed by atoms with Gasteiger partial charge < -0.3 is 5.32 Å². The predicted molar refractivity (Wildman–Crippen MR) is 41.6 cm³/mol. The average molecular weight is 136 g/mol. The maximum Gasteiger partial charge on any atom is 0.108 e. The third-order valence-electron chi connectivity index (χ3n) is 2.36. The Bertz CT molecular complexity index is 170. The summed E-state index contributed by atoms with van der Waals surface area (Å²) in [6.07, 6.45) is 13.1. The maximum atomic E-state index is 2.50. The summed E-state index contributed by atoms with van der Waals surface area (Å²) in [6, 6.07) is 1.59. The summed E-state index contributed by atoms with van der Waals surface area (Å²) < 4.78 is 0. The Morgan fingerprint density at radius 3 is 2.80 bits per heavy atom. The van der Waals surface area contributed by atoms with Gasteiger partial charge >= 0.3 is 0 Å². The molecule has 2 N–H and O–H groups in total. The lowest BCUT2D eigenvalue weighted by Gasteiger charge is -2.19. The van der Waals surface area contributed by atoms with Crippen molar-refractivity contribution in [2.75, 3.05) is 0 Å². The van der Waals surface area contributed by atoms with Gasteiger partial charge in [0.05, 0.1) is 6.04 Å². The second kappa shape index (κ2) is 2.59. The molecule has 0 spiro atoms. The minimum Gasteiger partial charge on any atom is -0.337 e. The van der Waals surface area contributed by atoms with Crippen molar-refractivity contribution >= 4 is 0 Å². The quantitative estimate of drug-likeness (QED) is 0.470. The van der Waals surface area contributed by atoms with Crippen molar-refractivity contribution in [3.05, 3.63) is 24.3 Å². The van der Waals surface area contributed by atoms with Crippen molar-refractivity contribution < 1.29 is 5.32 Å². The molecule has 0 aromatic heterocycles. The molecule has 0 saturated heterocycles. The van der Waals surface area contributed by atoms with E-state index in [2.05, 4.69) is 29.6 Å². The van der Waals surface area contributed by atoms with Crippen LogP contribution in [0.25, 0.3) is 0 Å². The zero-order valence-corrected chi connectivity index (χ0v) is 6.16. The first-order valence-corrected chi connectivity index (χ1v) is 4.12. The fraction of sp³-hybridized carbons (Fsp3) is 0.556. The fourth-order valence-electron chi connectivity index (χ4n) is 1.78. The minimum atomic E-state index is 0.748. The van der Waals surface area contributed by atoms with Crippen molar-refractivity contribution in [1.82, 2.24) is 0 Å². The van der Waals surface area contributed by atoms with Crippen LogP contribution in [0.3, 0.4) is 0 Å². The molecule has 1 nitrogen and oxygen atoms in total. The van der Waals surface area contributed by atoms with E-state index in [0.29, 0.717) is 0 Å². The summed E-state index contributed by atoms with van der Waals surface area (Å²) >= 11 is 0. The molecule has 0 saturated carbocycles. The van der Waals surface area contributed by atoms with Gasteiger partial charge in [-0.3, -0.25) is 0 Å². The van der Waals surface area contributed by atoms with Crippen LogP contribution in [0.4, 0.5) is 0 Å². The number of nitrogens with two attached hydrogens (primary N) is 1. The van der Waals surface area contributed by atoms with Crippen LogP contribution in [-0.2, 0) is 0 Å². The lowest BCUT2D eigenvalue weighted by molar-refractivity contribution is -0.712. The third-order valence-corrected chi connectivity index (χ3v) is 2.36. The van der Waals surface area contributed by atoms with Gasteiger partial charge in [0.2, 0.25) is 0 Å². The third kappa shape index (κ3) is 1.14. The summed E-state index contributed by atoms with van der Waals surface area (Å²) in [5.74, 6) is 0. The van der Waals surface area contributed by atoms with Crippen LogP contribution in [0.2, 0.25) is 0 Å². The Morgan fingerprint density at radius 1 is 1.00 bits per heavy atom. The molecule has 0 radical (unpaired) electrons. The lowest BCUT2D eigenvalue weighted by atomic mass is 10.0. The van der Waals surface area contributed by atoms with Crippen molar-refractivity contribution in [2.45, 2.75) is 31.3 Å². The molecule has 54 valence electrons. The molecule has 2 aliphatic rings. The van der Waals surface area contributed by atoms with Crippen molar-refractivity contribution in [1.29, 1.82) is 0 Å². The van der Waals surface area contributed by atoms with Crippen LogP contribution in [0.5, 0.6) is 0 Å². The lowest BCUT2D eigenvalue weighted by Crippen LogP contribution is -2.95. The van der Waals surface area contributed by atoms with E-state index in [1.165, 1.54) is 19.3 Å². The van der Waals surface area contributed by atoms with Crippen LogP contribution in [0.15, 0.2) is 24.3 Å². The average Bonchev–Trinajstić information content (AvgIpc) is 2.12. The van der Waals surface area contributed by atoms with Gasteiger partial charge in [-0.05, 0) is 6.08 Å². The normalized spacial score (nSPS) is 37.6. The molecule has 0 aromatic rings. The van der Waals surface area contributed by atoms with Gasteiger partial charge in [-0.2, -0.15) is 0 Å². The Balaban J connectivity index is 2.14. The molecular formula is C9H14N+. The summed E-state index contributed by atoms with van der Waals surface area (Å²) in [7, 11) is 0. The van der Waals surface area contributed by atoms with Crippen molar-refractivity contribution in [2.24, 2.45) is 0 Å².